The van der Waals surface area contributed by atoms with E-state index in [-0.39, 0.29) is 36.5 Å². The van der Waals surface area contributed by atoms with Gasteiger partial charge >= 0.3 is 0 Å². The summed E-state index contributed by atoms with van der Waals surface area (Å²) < 4.78 is 20.9. The maximum absolute atomic E-state index is 13.2. The molecule has 0 atom stereocenters. The predicted molar refractivity (Wildman–Crippen MR) is 142 cm³/mol. The summed E-state index contributed by atoms with van der Waals surface area (Å²) in [5.41, 5.74) is 1.84. The van der Waals surface area contributed by atoms with Crippen molar-refractivity contribution in [2.45, 2.75) is 24.3 Å². The minimum absolute atomic E-state index is 0. The predicted octanol–water partition coefficient (Wildman–Crippen LogP) is 5.06. The van der Waals surface area contributed by atoms with E-state index in [9.17, 15) is 9.18 Å². The number of aromatic nitrogens is 2. The molecule has 1 fully saturated rings. The van der Waals surface area contributed by atoms with E-state index in [1.54, 1.807) is 12.1 Å². The van der Waals surface area contributed by atoms with Gasteiger partial charge in [0.15, 0.2) is 0 Å². The van der Waals surface area contributed by atoms with Crippen LogP contribution in [0.25, 0.3) is 11.7 Å². The molecule has 10 heteroatoms. The number of halogens is 3. The summed E-state index contributed by atoms with van der Waals surface area (Å²) in [4.78, 5) is 20.3. The van der Waals surface area contributed by atoms with Gasteiger partial charge in [-0.25, -0.2) is 9.37 Å². The topological polar surface area (TPSA) is 58.9 Å². The molecule has 5 rings (SSSR count). The van der Waals surface area contributed by atoms with Crippen molar-refractivity contribution in [2.75, 3.05) is 32.8 Å². The number of amides is 1. The second-order valence-corrected chi connectivity index (χ2v) is 9.57. The monoisotopic (exact) mass is 538 g/mol. The third-order valence-electron chi connectivity index (χ3n) is 6.18. The van der Waals surface area contributed by atoms with Crippen LogP contribution in [0.5, 0.6) is 5.75 Å². The maximum Gasteiger partial charge on any atom is 0.258 e. The smallest absolute Gasteiger partial charge is 0.258 e. The first kappa shape index (κ1) is 27.3. The number of rotatable bonds is 8. The lowest BCUT2D eigenvalue weighted by Crippen LogP contribution is -2.39. The molecule has 2 aliphatic rings. The number of hydrogen-bond acceptors (Lipinski definition) is 5. The zero-order valence-corrected chi connectivity index (χ0v) is 21.6. The number of carbonyl (C=O) groups is 1. The van der Waals surface area contributed by atoms with E-state index < -0.39 is 0 Å². The molecule has 4 heterocycles. The number of benzene rings is 1. The number of nitrogens with zero attached hydrogens (tertiary/aromatic N) is 3. The minimum atomic E-state index is -0.274. The first-order valence-corrected chi connectivity index (χ1v) is 12.2. The third-order valence-corrected chi connectivity index (χ3v) is 7.23. The zero-order chi connectivity index (χ0) is 22.6. The summed E-state index contributed by atoms with van der Waals surface area (Å²) in [6.07, 6.45) is 6.78. The van der Waals surface area contributed by atoms with Gasteiger partial charge in [-0.3, -0.25) is 9.20 Å². The Morgan fingerprint density at radius 2 is 1.97 bits per heavy atom. The third kappa shape index (κ3) is 6.70. The molecular formula is C25H29Cl2FN4O2S. The van der Waals surface area contributed by atoms with Crippen LogP contribution in [0.15, 0.2) is 58.6 Å². The first-order valence-electron chi connectivity index (χ1n) is 11.4. The lowest BCUT2D eigenvalue weighted by molar-refractivity contribution is -0.117. The largest absolute Gasteiger partial charge is 0.493 e. The van der Waals surface area contributed by atoms with E-state index in [4.69, 9.17) is 4.74 Å². The number of nitrogens with one attached hydrogen (secondary N) is 1. The number of imidazole rings is 1. The highest BCUT2D eigenvalue weighted by Crippen LogP contribution is 2.34. The summed E-state index contributed by atoms with van der Waals surface area (Å²) >= 11 is 1.49. The van der Waals surface area contributed by atoms with Crippen LogP contribution in [0.1, 0.15) is 25.0 Å². The Balaban J connectivity index is 0.00000171. The normalized spacial score (nSPS) is 15.6. The van der Waals surface area contributed by atoms with E-state index in [0.29, 0.717) is 29.7 Å². The fourth-order valence-electron chi connectivity index (χ4n) is 4.37. The molecule has 35 heavy (non-hydrogen) atoms. The summed E-state index contributed by atoms with van der Waals surface area (Å²) in [5, 5.41) is 4.16. The van der Waals surface area contributed by atoms with Crippen molar-refractivity contribution in [3.05, 3.63) is 65.1 Å². The molecule has 6 nitrogen and oxygen atoms in total. The Morgan fingerprint density at radius 1 is 1.17 bits per heavy atom. The Bertz CT molecular complexity index is 1180. The fourth-order valence-corrected chi connectivity index (χ4v) is 5.38. The van der Waals surface area contributed by atoms with Crippen molar-refractivity contribution in [3.63, 3.8) is 0 Å². The molecule has 2 aromatic heterocycles. The highest BCUT2D eigenvalue weighted by molar-refractivity contribution is 8.04. The first-order chi connectivity index (χ1) is 16.2. The number of pyridine rings is 1. The zero-order valence-electron chi connectivity index (χ0n) is 19.2. The molecule has 3 aromatic rings. The number of piperidine rings is 1. The van der Waals surface area contributed by atoms with Crippen molar-refractivity contribution in [2.24, 2.45) is 5.92 Å². The molecule has 1 saturated heterocycles. The Labute approximate surface area is 221 Å². The minimum Gasteiger partial charge on any atom is -0.493 e. The summed E-state index contributed by atoms with van der Waals surface area (Å²) in [6, 6.07) is 12.2. The van der Waals surface area contributed by atoms with Crippen LogP contribution in [-0.4, -0.2) is 53.0 Å². The molecule has 2 aliphatic heterocycles. The van der Waals surface area contributed by atoms with Crippen LogP contribution in [0, 0.1) is 11.7 Å². The van der Waals surface area contributed by atoms with Gasteiger partial charge in [-0.1, -0.05) is 23.9 Å². The van der Waals surface area contributed by atoms with E-state index in [2.05, 4.69) is 19.6 Å². The number of hydrogen-bond donors (Lipinski definition) is 1. The van der Waals surface area contributed by atoms with Crippen molar-refractivity contribution >= 4 is 54.2 Å². The molecule has 0 unspecified atom stereocenters. The molecular weight excluding hydrogens is 510 g/mol. The van der Waals surface area contributed by atoms with Gasteiger partial charge in [0.05, 0.1) is 28.4 Å². The van der Waals surface area contributed by atoms with Gasteiger partial charge in [-0.2, -0.15) is 0 Å². The average molecular weight is 540 g/mol. The van der Waals surface area contributed by atoms with Crippen molar-refractivity contribution in [3.8, 4) is 5.75 Å². The van der Waals surface area contributed by atoms with E-state index in [1.807, 2.05) is 30.5 Å². The summed E-state index contributed by atoms with van der Waals surface area (Å²) in [7, 11) is 0. The van der Waals surface area contributed by atoms with Crippen molar-refractivity contribution < 1.29 is 13.9 Å². The second kappa shape index (κ2) is 12.6. The number of thioether (sulfide) groups is 1. The Hall–Kier alpha value is -2.26. The van der Waals surface area contributed by atoms with E-state index >= 15 is 0 Å². The van der Waals surface area contributed by atoms with Crippen LogP contribution in [0.4, 0.5) is 4.39 Å². The van der Waals surface area contributed by atoms with Gasteiger partial charge in [0.25, 0.3) is 5.91 Å². The molecule has 0 aliphatic carbocycles. The van der Waals surface area contributed by atoms with Crippen LogP contribution in [0.3, 0.4) is 0 Å². The average Bonchev–Trinajstić information content (AvgIpc) is 3.25. The SMILES string of the molecule is Cl.Cl.O=C(NCC1CCN(CCCOc2cccc(F)c2)CC1)C1=Cc2cnc3cccc(n23)S1. The number of carbonyl (C=O) groups excluding carboxylic acids is 1. The Kier molecular flexibility index (Phi) is 9.86. The molecule has 0 radical (unpaired) electrons. The van der Waals surface area contributed by atoms with Gasteiger partial charge in [0.1, 0.15) is 17.2 Å². The standard InChI is InChI=1S/C25H27FN4O2S.2ClH/c26-19-4-1-5-21(14-19)32-13-3-10-29-11-8-18(9-12-29)16-28-25(31)22-15-20-17-27-23-6-2-7-24(33-22)30(20)23;;/h1-2,4-7,14-15,17-18H,3,8-13,16H2,(H,28,31);2*1H. The molecule has 0 bridgehead atoms. The Morgan fingerprint density at radius 3 is 2.77 bits per heavy atom. The van der Waals surface area contributed by atoms with Gasteiger partial charge < -0.3 is 15.0 Å². The molecule has 1 aromatic carbocycles. The summed E-state index contributed by atoms with van der Waals surface area (Å²) in [6.45, 7) is 4.31. The second-order valence-electron chi connectivity index (χ2n) is 8.51. The number of likely N-dealkylation sites (tertiary alicyclic amines) is 1. The molecule has 0 saturated carbocycles. The summed E-state index contributed by atoms with van der Waals surface area (Å²) in [5.74, 6) is 0.791. The van der Waals surface area contributed by atoms with Crippen LogP contribution in [0.2, 0.25) is 0 Å². The lowest BCUT2D eigenvalue weighted by Gasteiger charge is -2.32. The highest BCUT2D eigenvalue weighted by Gasteiger charge is 2.23. The lowest BCUT2D eigenvalue weighted by atomic mass is 9.96. The van der Waals surface area contributed by atoms with Crippen LogP contribution >= 0.6 is 36.6 Å². The maximum atomic E-state index is 13.2. The van der Waals surface area contributed by atoms with Gasteiger partial charge in [0.2, 0.25) is 0 Å². The van der Waals surface area contributed by atoms with Crippen molar-refractivity contribution in [1.82, 2.24) is 19.6 Å². The van der Waals surface area contributed by atoms with Gasteiger partial charge in [0, 0.05) is 19.2 Å². The molecule has 1 amide bonds. The molecule has 188 valence electrons. The highest BCUT2D eigenvalue weighted by atomic mass is 35.5. The van der Waals surface area contributed by atoms with Gasteiger partial charge in [-0.15, -0.1) is 24.8 Å². The van der Waals surface area contributed by atoms with Gasteiger partial charge in [-0.05, 0) is 68.6 Å². The quantitative estimate of drug-likeness (QED) is 0.406. The molecule has 0 spiro atoms. The van der Waals surface area contributed by atoms with E-state index in [1.165, 1.54) is 23.9 Å². The van der Waals surface area contributed by atoms with Crippen LogP contribution < -0.4 is 10.1 Å². The van der Waals surface area contributed by atoms with E-state index in [0.717, 1.165) is 55.3 Å². The van der Waals surface area contributed by atoms with Crippen LogP contribution in [-0.2, 0) is 4.79 Å². The fraction of sp³-hybridized carbons (Fsp3) is 0.360. The molecule has 1 N–H and O–H groups in total. The number of ether oxygens (including phenoxy) is 1. The van der Waals surface area contributed by atoms with Crippen molar-refractivity contribution in [1.29, 1.82) is 0 Å².